The lowest BCUT2D eigenvalue weighted by molar-refractivity contribution is 0.0995. The summed E-state index contributed by atoms with van der Waals surface area (Å²) in [5.74, 6) is 0.0322. The standard InChI is InChI=1S/C16H13N3O2/c1-10-2-3-11(16-18-6-7-21-16)8-13(10)12-4-5-14(15(17)20)19-9-12/h2-9H,1H3,(H2,17,20). The number of hydrogen-bond donors (Lipinski definition) is 1. The van der Waals surface area contributed by atoms with Crippen LogP contribution in [0.25, 0.3) is 22.6 Å². The molecule has 0 spiro atoms. The highest BCUT2D eigenvalue weighted by Crippen LogP contribution is 2.28. The van der Waals surface area contributed by atoms with Crippen LogP contribution in [0.15, 0.2) is 53.4 Å². The van der Waals surface area contributed by atoms with E-state index in [-0.39, 0.29) is 5.69 Å². The number of nitrogens with zero attached hydrogens (tertiary/aromatic N) is 2. The van der Waals surface area contributed by atoms with Gasteiger partial charge >= 0.3 is 0 Å². The Labute approximate surface area is 121 Å². The van der Waals surface area contributed by atoms with Crippen molar-refractivity contribution >= 4 is 5.91 Å². The predicted octanol–water partition coefficient (Wildman–Crippen LogP) is 2.81. The molecular weight excluding hydrogens is 266 g/mol. The average molecular weight is 279 g/mol. The zero-order valence-corrected chi connectivity index (χ0v) is 11.4. The van der Waals surface area contributed by atoms with Crippen molar-refractivity contribution in [2.45, 2.75) is 6.92 Å². The second-order valence-corrected chi connectivity index (χ2v) is 4.66. The van der Waals surface area contributed by atoms with Gasteiger partial charge in [0.2, 0.25) is 5.89 Å². The van der Waals surface area contributed by atoms with Gasteiger partial charge in [0, 0.05) is 17.3 Å². The van der Waals surface area contributed by atoms with E-state index < -0.39 is 5.91 Å². The molecule has 2 aromatic heterocycles. The maximum atomic E-state index is 11.1. The number of amides is 1. The molecule has 21 heavy (non-hydrogen) atoms. The van der Waals surface area contributed by atoms with Crippen LogP contribution in [0.2, 0.25) is 0 Å². The van der Waals surface area contributed by atoms with Gasteiger partial charge in [-0.25, -0.2) is 4.98 Å². The SMILES string of the molecule is Cc1ccc(-c2ncco2)cc1-c1ccc(C(N)=O)nc1. The number of carbonyl (C=O) groups excluding carboxylic acids is 1. The minimum atomic E-state index is -0.535. The molecule has 104 valence electrons. The number of hydrogen-bond acceptors (Lipinski definition) is 4. The quantitative estimate of drug-likeness (QED) is 0.799. The fourth-order valence-corrected chi connectivity index (χ4v) is 2.13. The average Bonchev–Trinajstić information content (AvgIpc) is 3.02. The number of rotatable bonds is 3. The second kappa shape index (κ2) is 5.20. The van der Waals surface area contributed by atoms with E-state index in [0.717, 1.165) is 22.3 Å². The minimum Gasteiger partial charge on any atom is -0.445 e. The lowest BCUT2D eigenvalue weighted by Gasteiger charge is -2.08. The second-order valence-electron chi connectivity index (χ2n) is 4.66. The summed E-state index contributed by atoms with van der Waals surface area (Å²) < 4.78 is 5.31. The number of pyridine rings is 1. The Balaban J connectivity index is 2.05. The predicted molar refractivity (Wildman–Crippen MR) is 78.4 cm³/mol. The molecule has 0 unspecified atom stereocenters. The summed E-state index contributed by atoms with van der Waals surface area (Å²) in [7, 11) is 0. The Bertz CT molecular complexity index is 778. The highest BCUT2D eigenvalue weighted by Gasteiger charge is 2.09. The maximum Gasteiger partial charge on any atom is 0.267 e. The van der Waals surface area contributed by atoms with E-state index in [1.165, 1.54) is 6.26 Å². The van der Waals surface area contributed by atoms with E-state index >= 15 is 0 Å². The zero-order valence-electron chi connectivity index (χ0n) is 11.4. The van der Waals surface area contributed by atoms with Gasteiger partial charge in [0.15, 0.2) is 0 Å². The van der Waals surface area contributed by atoms with Crippen molar-refractivity contribution in [1.29, 1.82) is 0 Å². The third-order valence-electron chi connectivity index (χ3n) is 3.24. The molecule has 0 saturated carbocycles. The Kier molecular flexibility index (Phi) is 3.23. The number of aromatic nitrogens is 2. The van der Waals surface area contributed by atoms with Crippen LogP contribution in [0.5, 0.6) is 0 Å². The van der Waals surface area contributed by atoms with Crippen LogP contribution in [0, 0.1) is 6.92 Å². The van der Waals surface area contributed by atoms with Gasteiger partial charge in [-0.15, -0.1) is 0 Å². The number of oxazole rings is 1. The van der Waals surface area contributed by atoms with Crippen molar-refractivity contribution < 1.29 is 9.21 Å². The van der Waals surface area contributed by atoms with Crippen molar-refractivity contribution in [2.75, 3.05) is 0 Å². The van der Waals surface area contributed by atoms with Crippen LogP contribution >= 0.6 is 0 Å². The third-order valence-corrected chi connectivity index (χ3v) is 3.24. The smallest absolute Gasteiger partial charge is 0.267 e. The highest BCUT2D eigenvalue weighted by molar-refractivity contribution is 5.91. The maximum absolute atomic E-state index is 11.1. The molecule has 0 aliphatic carbocycles. The largest absolute Gasteiger partial charge is 0.445 e. The molecule has 0 saturated heterocycles. The topological polar surface area (TPSA) is 82.0 Å². The van der Waals surface area contributed by atoms with Crippen molar-refractivity contribution in [3.05, 3.63) is 60.2 Å². The molecule has 0 atom stereocenters. The molecule has 0 aliphatic heterocycles. The fourth-order valence-electron chi connectivity index (χ4n) is 2.13. The number of aryl methyl sites for hydroxylation is 1. The summed E-state index contributed by atoms with van der Waals surface area (Å²) in [5, 5.41) is 0. The van der Waals surface area contributed by atoms with Crippen LogP contribution in [0.1, 0.15) is 16.1 Å². The van der Waals surface area contributed by atoms with Gasteiger partial charge in [-0.3, -0.25) is 9.78 Å². The molecule has 0 aliphatic rings. The van der Waals surface area contributed by atoms with E-state index in [0.29, 0.717) is 5.89 Å². The fraction of sp³-hybridized carbons (Fsp3) is 0.0625. The first-order valence-corrected chi connectivity index (χ1v) is 6.42. The van der Waals surface area contributed by atoms with Crippen molar-refractivity contribution in [1.82, 2.24) is 9.97 Å². The highest BCUT2D eigenvalue weighted by atomic mass is 16.3. The van der Waals surface area contributed by atoms with Gasteiger partial charge in [0.05, 0.1) is 6.20 Å². The zero-order chi connectivity index (χ0) is 14.8. The van der Waals surface area contributed by atoms with Crippen LogP contribution in [-0.2, 0) is 0 Å². The summed E-state index contributed by atoms with van der Waals surface area (Å²) in [6.45, 7) is 2.01. The van der Waals surface area contributed by atoms with Gasteiger partial charge in [-0.1, -0.05) is 12.1 Å². The Morgan fingerprint density at radius 3 is 2.57 bits per heavy atom. The van der Waals surface area contributed by atoms with Gasteiger partial charge in [-0.05, 0) is 36.2 Å². The molecule has 0 radical (unpaired) electrons. The summed E-state index contributed by atoms with van der Waals surface area (Å²) in [5.41, 5.74) is 9.35. The lowest BCUT2D eigenvalue weighted by Crippen LogP contribution is -2.12. The van der Waals surface area contributed by atoms with E-state index in [4.69, 9.17) is 10.2 Å². The number of benzene rings is 1. The van der Waals surface area contributed by atoms with Gasteiger partial charge in [0.25, 0.3) is 5.91 Å². The molecule has 0 bridgehead atoms. The first kappa shape index (κ1) is 13.1. The molecule has 1 aromatic carbocycles. The first-order chi connectivity index (χ1) is 10.1. The minimum absolute atomic E-state index is 0.250. The van der Waals surface area contributed by atoms with Crippen molar-refractivity contribution in [2.24, 2.45) is 5.73 Å². The molecule has 3 rings (SSSR count). The monoisotopic (exact) mass is 279 g/mol. The molecule has 3 aromatic rings. The van der Waals surface area contributed by atoms with Gasteiger partial charge in [-0.2, -0.15) is 0 Å². The number of nitrogens with two attached hydrogens (primary N) is 1. The molecule has 2 N–H and O–H groups in total. The van der Waals surface area contributed by atoms with Crippen molar-refractivity contribution in [3.8, 4) is 22.6 Å². The van der Waals surface area contributed by atoms with E-state index in [1.54, 1.807) is 18.5 Å². The molecular formula is C16H13N3O2. The first-order valence-electron chi connectivity index (χ1n) is 6.42. The normalized spacial score (nSPS) is 10.5. The summed E-state index contributed by atoms with van der Waals surface area (Å²) in [4.78, 5) is 19.3. The van der Waals surface area contributed by atoms with E-state index in [2.05, 4.69) is 9.97 Å². The van der Waals surface area contributed by atoms with Crippen LogP contribution in [0.3, 0.4) is 0 Å². The summed E-state index contributed by atoms with van der Waals surface area (Å²) in [6, 6.07) is 9.39. The number of primary amides is 1. The summed E-state index contributed by atoms with van der Waals surface area (Å²) >= 11 is 0. The Hall–Kier alpha value is -2.95. The third kappa shape index (κ3) is 2.53. The molecule has 5 nitrogen and oxygen atoms in total. The molecule has 0 fully saturated rings. The molecule has 2 heterocycles. The van der Waals surface area contributed by atoms with Crippen LogP contribution in [-0.4, -0.2) is 15.9 Å². The number of carbonyl (C=O) groups is 1. The van der Waals surface area contributed by atoms with E-state index in [1.807, 2.05) is 31.2 Å². The Morgan fingerprint density at radius 1 is 1.14 bits per heavy atom. The summed E-state index contributed by atoms with van der Waals surface area (Å²) in [6.07, 6.45) is 4.79. The lowest BCUT2D eigenvalue weighted by atomic mass is 9.99. The van der Waals surface area contributed by atoms with Crippen LogP contribution in [0.4, 0.5) is 0 Å². The Morgan fingerprint density at radius 2 is 1.95 bits per heavy atom. The molecule has 1 amide bonds. The van der Waals surface area contributed by atoms with Gasteiger partial charge in [0.1, 0.15) is 12.0 Å². The molecule has 5 heteroatoms. The van der Waals surface area contributed by atoms with E-state index in [9.17, 15) is 4.79 Å². The van der Waals surface area contributed by atoms with Crippen LogP contribution < -0.4 is 5.73 Å². The van der Waals surface area contributed by atoms with Crippen molar-refractivity contribution in [3.63, 3.8) is 0 Å². The van der Waals surface area contributed by atoms with Gasteiger partial charge < -0.3 is 10.2 Å².